The molecule has 2 rings (SSSR count). The van der Waals surface area contributed by atoms with Gasteiger partial charge in [0.2, 0.25) is 5.91 Å². The van der Waals surface area contributed by atoms with Crippen LogP contribution in [0.25, 0.3) is 0 Å². The number of ether oxygens (including phenoxy) is 1. The highest BCUT2D eigenvalue weighted by Crippen LogP contribution is 2.26. The second kappa shape index (κ2) is 14.2. The smallest absolute Gasteiger partial charge is 0.220 e. The highest BCUT2D eigenvalue weighted by atomic mass is 19.1. The van der Waals surface area contributed by atoms with E-state index in [-0.39, 0.29) is 11.9 Å². The maximum Gasteiger partial charge on any atom is 0.220 e. The minimum Gasteiger partial charge on any atom is -0.493 e. The zero-order valence-corrected chi connectivity index (χ0v) is 19.7. The first-order valence-corrected chi connectivity index (χ1v) is 12.0. The number of halogens is 1. The highest BCUT2D eigenvalue weighted by molar-refractivity contribution is 5.76. The van der Waals surface area contributed by atoms with E-state index in [4.69, 9.17) is 4.74 Å². The van der Waals surface area contributed by atoms with Gasteiger partial charge in [0, 0.05) is 19.0 Å². The van der Waals surface area contributed by atoms with Crippen LogP contribution >= 0.6 is 0 Å². The lowest BCUT2D eigenvalue weighted by molar-refractivity contribution is -0.122. The van der Waals surface area contributed by atoms with Crippen molar-refractivity contribution in [1.82, 2.24) is 10.2 Å². The Morgan fingerprint density at radius 1 is 1.32 bits per heavy atom. The zero-order chi connectivity index (χ0) is 22.5. The van der Waals surface area contributed by atoms with E-state index in [1.807, 2.05) is 6.08 Å². The number of unbranched alkanes of at least 4 members (excludes halogenated alkanes) is 3. The number of aryl methyl sites for hydroxylation is 1. The van der Waals surface area contributed by atoms with Gasteiger partial charge < -0.3 is 15.0 Å². The predicted octanol–water partition coefficient (Wildman–Crippen LogP) is 5.25. The van der Waals surface area contributed by atoms with E-state index in [0.717, 1.165) is 70.4 Å². The van der Waals surface area contributed by atoms with Crippen LogP contribution in [0, 0.1) is 0 Å². The fraction of sp³-hybridized carbons (Fsp3) is 0.654. The van der Waals surface area contributed by atoms with Gasteiger partial charge in [0.25, 0.3) is 0 Å². The molecule has 174 valence electrons. The number of likely N-dealkylation sites (N-methyl/N-ethyl adjacent to an activating group) is 1. The lowest BCUT2D eigenvalue weighted by atomic mass is 9.99. The minimum absolute atomic E-state index is 0.0725. The van der Waals surface area contributed by atoms with Crippen LogP contribution in [0.15, 0.2) is 30.4 Å². The predicted molar refractivity (Wildman–Crippen MR) is 126 cm³/mol. The molecular formula is C26H41FN2O2. The second-order valence-electron chi connectivity index (χ2n) is 8.83. The first-order chi connectivity index (χ1) is 15.0. The molecule has 0 bridgehead atoms. The number of allylic oxidation sites excluding steroid dienone is 2. The molecule has 2 unspecified atom stereocenters. The molecule has 0 saturated heterocycles. The van der Waals surface area contributed by atoms with E-state index in [1.165, 1.54) is 24.5 Å². The Morgan fingerprint density at radius 3 is 2.94 bits per heavy atom. The lowest BCUT2D eigenvalue weighted by Gasteiger charge is -2.26. The minimum atomic E-state index is -0.900. The molecule has 1 aromatic rings. The van der Waals surface area contributed by atoms with Gasteiger partial charge in [-0.1, -0.05) is 37.6 Å². The summed E-state index contributed by atoms with van der Waals surface area (Å²) in [6.07, 6.45) is 10.9. The number of benzene rings is 1. The molecule has 1 aliphatic rings. The molecule has 5 heteroatoms. The van der Waals surface area contributed by atoms with Crippen LogP contribution in [0.5, 0.6) is 5.75 Å². The second-order valence-corrected chi connectivity index (χ2v) is 8.83. The molecule has 0 aliphatic carbocycles. The number of amides is 1. The van der Waals surface area contributed by atoms with E-state index in [9.17, 15) is 9.18 Å². The van der Waals surface area contributed by atoms with Crippen molar-refractivity contribution in [1.29, 1.82) is 0 Å². The van der Waals surface area contributed by atoms with Gasteiger partial charge in [-0.25, -0.2) is 4.39 Å². The number of carbonyl (C=O) groups is 1. The molecule has 1 aliphatic heterocycles. The maximum absolute atomic E-state index is 12.8. The summed E-state index contributed by atoms with van der Waals surface area (Å²) in [6, 6.07) is 6.58. The third-order valence-corrected chi connectivity index (χ3v) is 5.68. The van der Waals surface area contributed by atoms with Crippen molar-refractivity contribution in [3.05, 3.63) is 41.5 Å². The number of hydrogen-bond acceptors (Lipinski definition) is 3. The summed E-state index contributed by atoms with van der Waals surface area (Å²) in [5, 5.41) is 3.26. The number of hydrogen-bond donors (Lipinski definition) is 1. The number of rotatable bonds is 14. The molecule has 0 radical (unpaired) electrons. The summed E-state index contributed by atoms with van der Waals surface area (Å²) in [7, 11) is 2.13. The summed E-state index contributed by atoms with van der Waals surface area (Å²) >= 11 is 0. The molecule has 1 N–H and O–H groups in total. The normalized spacial score (nSPS) is 15.5. The van der Waals surface area contributed by atoms with Crippen LogP contribution in [0.1, 0.15) is 69.9 Å². The molecule has 0 fully saturated rings. The maximum atomic E-state index is 12.8. The number of nitrogens with one attached hydrogen (secondary N) is 1. The molecule has 2 atom stereocenters. The van der Waals surface area contributed by atoms with E-state index in [1.54, 1.807) is 6.08 Å². The number of carbonyl (C=O) groups excluding carboxylic acids is 1. The van der Waals surface area contributed by atoms with Gasteiger partial charge in [-0.3, -0.25) is 4.79 Å². The molecule has 1 aromatic carbocycles. The van der Waals surface area contributed by atoms with Crippen LogP contribution in [0.3, 0.4) is 0 Å². The lowest BCUT2D eigenvalue weighted by Crippen LogP contribution is -2.44. The van der Waals surface area contributed by atoms with Gasteiger partial charge in [-0.15, -0.1) is 0 Å². The summed E-state index contributed by atoms with van der Waals surface area (Å²) in [4.78, 5) is 14.9. The third kappa shape index (κ3) is 10.3. The van der Waals surface area contributed by atoms with E-state index in [2.05, 4.69) is 42.4 Å². The van der Waals surface area contributed by atoms with E-state index in [0.29, 0.717) is 6.42 Å². The Balaban J connectivity index is 1.89. The Bertz CT molecular complexity index is 690. The molecule has 4 nitrogen and oxygen atoms in total. The van der Waals surface area contributed by atoms with Gasteiger partial charge in [0.1, 0.15) is 11.9 Å². The van der Waals surface area contributed by atoms with Crippen molar-refractivity contribution in [2.75, 3.05) is 26.7 Å². The molecule has 0 saturated carbocycles. The Labute approximate surface area is 188 Å². The van der Waals surface area contributed by atoms with Crippen LogP contribution in [-0.4, -0.2) is 49.8 Å². The molecule has 1 heterocycles. The van der Waals surface area contributed by atoms with Crippen molar-refractivity contribution in [3.63, 3.8) is 0 Å². The average molecular weight is 433 g/mol. The standard InChI is InChI=1S/C26H41FN2O2/c1-4-5-16-29(3)20-24(28-26(30)13-9-7-6-8-11-21(2)27)18-22-14-15-23-12-10-17-31-25(23)19-22/h8,11,14-15,19,21,24H,4-7,9-10,12-13,16-18,20H2,1-3H3,(H,28,30)/b11-8-. The fourth-order valence-electron chi connectivity index (χ4n) is 3.98. The Hall–Kier alpha value is -1.88. The summed E-state index contributed by atoms with van der Waals surface area (Å²) in [5.41, 5.74) is 2.49. The van der Waals surface area contributed by atoms with Crippen molar-refractivity contribution >= 4 is 5.91 Å². The van der Waals surface area contributed by atoms with Crippen molar-refractivity contribution in [2.45, 2.75) is 83.8 Å². The first kappa shape index (κ1) is 25.4. The topological polar surface area (TPSA) is 41.6 Å². The van der Waals surface area contributed by atoms with Crippen molar-refractivity contribution in [2.24, 2.45) is 0 Å². The monoisotopic (exact) mass is 432 g/mol. The van der Waals surface area contributed by atoms with Crippen LogP contribution in [0.2, 0.25) is 0 Å². The quantitative estimate of drug-likeness (QED) is 0.323. The Morgan fingerprint density at radius 2 is 2.16 bits per heavy atom. The molecule has 1 amide bonds. The average Bonchev–Trinajstić information content (AvgIpc) is 2.74. The van der Waals surface area contributed by atoms with Crippen LogP contribution in [-0.2, 0) is 17.6 Å². The highest BCUT2D eigenvalue weighted by Gasteiger charge is 2.17. The van der Waals surface area contributed by atoms with Gasteiger partial charge in [0.15, 0.2) is 0 Å². The van der Waals surface area contributed by atoms with E-state index >= 15 is 0 Å². The molecule has 0 spiro atoms. The number of alkyl halides is 1. The molecular weight excluding hydrogens is 391 g/mol. The summed E-state index contributed by atoms with van der Waals surface area (Å²) < 4.78 is 18.6. The van der Waals surface area contributed by atoms with Gasteiger partial charge in [-0.05, 0) is 82.7 Å². The van der Waals surface area contributed by atoms with Gasteiger partial charge >= 0.3 is 0 Å². The van der Waals surface area contributed by atoms with Crippen molar-refractivity contribution < 1.29 is 13.9 Å². The SMILES string of the molecule is CCCCN(C)CC(Cc1ccc2c(c1)OCCC2)NC(=O)CCCC/C=C\C(C)F. The number of fused-ring (bicyclic) bond motifs is 1. The zero-order valence-electron chi connectivity index (χ0n) is 19.7. The molecule has 31 heavy (non-hydrogen) atoms. The molecule has 0 aromatic heterocycles. The summed E-state index contributed by atoms with van der Waals surface area (Å²) in [6.45, 7) is 6.38. The van der Waals surface area contributed by atoms with Gasteiger partial charge in [-0.2, -0.15) is 0 Å². The fourth-order valence-corrected chi connectivity index (χ4v) is 3.98. The largest absolute Gasteiger partial charge is 0.493 e. The van der Waals surface area contributed by atoms with Crippen molar-refractivity contribution in [3.8, 4) is 5.75 Å². The van der Waals surface area contributed by atoms with Crippen LogP contribution in [0.4, 0.5) is 4.39 Å². The summed E-state index contributed by atoms with van der Waals surface area (Å²) in [5.74, 6) is 1.11. The van der Waals surface area contributed by atoms with Crippen LogP contribution < -0.4 is 10.1 Å². The van der Waals surface area contributed by atoms with Gasteiger partial charge in [0.05, 0.1) is 6.61 Å². The van der Waals surface area contributed by atoms with E-state index < -0.39 is 6.17 Å². The number of nitrogens with zero attached hydrogens (tertiary/aromatic N) is 1. The third-order valence-electron chi connectivity index (χ3n) is 5.68. The first-order valence-electron chi connectivity index (χ1n) is 12.0. The Kier molecular flexibility index (Phi) is 11.7.